The van der Waals surface area contributed by atoms with Crippen LogP contribution in [-0.2, 0) is 9.84 Å². The summed E-state index contributed by atoms with van der Waals surface area (Å²) in [5, 5.41) is 2.76. The smallest absolute Gasteiger partial charge is 0.154 e. The molecule has 1 N–H and O–H groups in total. The summed E-state index contributed by atoms with van der Waals surface area (Å²) in [4.78, 5) is 0. The Kier molecular flexibility index (Phi) is 5.56. The van der Waals surface area contributed by atoms with Crippen LogP contribution in [0.1, 0.15) is 33.6 Å². The average molecular weight is 207 g/mol. The van der Waals surface area contributed by atoms with Crippen molar-refractivity contribution in [3.63, 3.8) is 0 Å². The molecule has 0 amide bonds. The Hall–Kier alpha value is -0.0900. The fraction of sp³-hybridized carbons (Fsp3) is 1.00. The second kappa shape index (κ2) is 5.60. The highest BCUT2D eigenvalue weighted by atomic mass is 32.2. The van der Waals surface area contributed by atoms with E-state index in [-0.39, 0.29) is 11.3 Å². The van der Waals surface area contributed by atoms with Gasteiger partial charge >= 0.3 is 0 Å². The number of sulfone groups is 1. The Bertz CT molecular complexity index is 220. The number of hydrogen-bond acceptors (Lipinski definition) is 3. The van der Waals surface area contributed by atoms with Gasteiger partial charge in [0.25, 0.3) is 0 Å². The lowest BCUT2D eigenvalue weighted by atomic mass is 10.2. The van der Waals surface area contributed by atoms with Crippen molar-refractivity contribution >= 4 is 9.84 Å². The molecule has 13 heavy (non-hydrogen) atoms. The monoisotopic (exact) mass is 207 g/mol. The lowest BCUT2D eigenvalue weighted by Gasteiger charge is -2.21. The SMILES string of the molecule is CCCS(=O)(=O)C(C)C(CC)NC. The molecule has 0 fully saturated rings. The van der Waals surface area contributed by atoms with Gasteiger partial charge in [-0.2, -0.15) is 0 Å². The van der Waals surface area contributed by atoms with Crippen molar-refractivity contribution < 1.29 is 8.42 Å². The molecule has 0 bridgehead atoms. The maximum atomic E-state index is 11.6. The Morgan fingerprint density at radius 3 is 2.15 bits per heavy atom. The van der Waals surface area contributed by atoms with Gasteiger partial charge in [-0.25, -0.2) is 8.42 Å². The molecular weight excluding hydrogens is 186 g/mol. The Balaban J connectivity index is 4.46. The van der Waals surface area contributed by atoms with E-state index in [1.165, 1.54) is 0 Å². The van der Waals surface area contributed by atoms with Crippen LogP contribution in [0.3, 0.4) is 0 Å². The van der Waals surface area contributed by atoms with E-state index in [0.29, 0.717) is 12.2 Å². The highest BCUT2D eigenvalue weighted by molar-refractivity contribution is 7.92. The van der Waals surface area contributed by atoms with E-state index in [4.69, 9.17) is 0 Å². The van der Waals surface area contributed by atoms with Crippen molar-refractivity contribution in [3.8, 4) is 0 Å². The van der Waals surface area contributed by atoms with E-state index in [1.807, 2.05) is 20.9 Å². The van der Waals surface area contributed by atoms with E-state index in [9.17, 15) is 8.42 Å². The summed E-state index contributed by atoms with van der Waals surface area (Å²) < 4.78 is 23.3. The van der Waals surface area contributed by atoms with Gasteiger partial charge in [0.2, 0.25) is 0 Å². The summed E-state index contributed by atoms with van der Waals surface area (Å²) in [6.45, 7) is 5.68. The molecule has 0 aliphatic carbocycles. The fourth-order valence-corrected chi connectivity index (χ4v) is 3.26. The Morgan fingerprint density at radius 2 is 1.85 bits per heavy atom. The molecule has 0 aliphatic rings. The van der Waals surface area contributed by atoms with Crippen LogP contribution in [0, 0.1) is 0 Å². The van der Waals surface area contributed by atoms with Crippen molar-refractivity contribution in [3.05, 3.63) is 0 Å². The third-order valence-corrected chi connectivity index (χ3v) is 4.87. The first-order valence-electron chi connectivity index (χ1n) is 4.88. The van der Waals surface area contributed by atoms with Crippen LogP contribution in [0.25, 0.3) is 0 Å². The van der Waals surface area contributed by atoms with Gasteiger partial charge in [-0.1, -0.05) is 13.8 Å². The highest BCUT2D eigenvalue weighted by Crippen LogP contribution is 2.10. The third-order valence-electron chi connectivity index (χ3n) is 2.43. The number of hydrogen-bond donors (Lipinski definition) is 1. The first-order chi connectivity index (χ1) is 5.99. The van der Waals surface area contributed by atoms with E-state index in [1.54, 1.807) is 6.92 Å². The summed E-state index contributed by atoms with van der Waals surface area (Å²) in [7, 11) is -1.08. The second-order valence-corrected chi connectivity index (χ2v) is 5.85. The van der Waals surface area contributed by atoms with E-state index >= 15 is 0 Å². The first-order valence-corrected chi connectivity index (χ1v) is 6.59. The van der Waals surface area contributed by atoms with Crippen LogP contribution in [0.4, 0.5) is 0 Å². The minimum atomic E-state index is -2.90. The van der Waals surface area contributed by atoms with Crippen LogP contribution in [0.2, 0.25) is 0 Å². The third kappa shape index (κ3) is 3.65. The molecular formula is C9H21NO2S. The van der Waals surface area contributed by atoms with Gasteiger partial charge in [-0.3, -0.25) is 0 Å². The molecule has 4 heteroatoms. The molecule has 0 aliphatic heterocycles. The molecule has 2 atom stereocenters. The standard InChI is InChI=1S/C9H21NO2S/c1-5-7-13(11,12)8(3)9(6-2)10-4/h8-10H,5-7H2,1-4H3. The van der Waals surface area contributed by atoms with E-state index in [2.05, 4.69) is 5.32 Å². The summed E-state index contributed by atoms with van der Waals surface area (Å²) in [5.74, 6) is 0.298. The Labute approximate surface area is 81.8 Å². The van der Waals surface area contributed by atoms with Crippen molar-refractivity contribution in [2.24, 2.45) is 0 Å². The molecule has 3 nitrogen and oxygen atoms in total. The van der Waals surface area contributed by atoms with Crippen molar-refractivity contribution in [2.75, 3.05) is 12.8 Å². The lowest BCUT2D eigenvalue weighted by Crippen LogP contribution is -2.41. The average Bonchev–Trinajstić information content (AvgIpc) is 2.06. The topological polar surface area (TPSA) is 46.2 Å². The molecule has 0 aromatic rings. The molecule has 0 rings (SSSR count). The molecule has 0 aromatic heterocycles. The maximum absolute atomic E-state index is 11.6. The van der Waals surface area contributed by atoms with Gasteiger partial charge in [0.05, 0.1) is 11.0 Å². The molecule has 0 saturated carbocycles. The zero-order chi connectivity index (χ0) is 10.5. The fourth-order valence-electron chi connectivity index (χ4n) is 1.49. The van der Waals surface area contributed by atoms with Crippen molar-refractivity contribution in [1.82, 2.24) is 5.32 Å². The maximum Gasteiger partial charge on any atom is 0.154 e. The van der Waals surface area contributed by atoms with E-state index < -0.39 is 9.84 Å². The van der Waals surface area contributed by atoms with Crippen LogP contribution in [0.5, 0.6) is 0 Å². The summed E-state index contributed by atoms with van der Waals surface area (Å²) >= 11 is 0. The van der Waals surface area contributed by atoms with Gasteiger partial charge in [0, 0.05) is 6.04 Å². The van der Waals surface area contributed by atoms with Crippen molar-refractivity contribution in [1.29, 1.82) is 0 Å². The van der Waals surface area contributed by atoms with Gasteiger partial charge in [-0.05, 0) is 26.8 Å². The largest absolute Gasteiger partial charge is 0.316 e. The van der Waals surface area contributed by atoms with Crippen molar-refractivity contribution in [2.45, 2.75) is 44.9 Å². The molecule has 0 radical (unpaired) electrons. The predicted molar refractivity (Wildman–Crippen MR) is 56.7 cm³/mol. The van der Waals surface area contributed by atoms with Gasteiger partial charge in [-0.15, -0.1) is 0 Å². The molecule has 0 heterocycles. The molecule has 80 valence electrons. The minimum Gasteiger partial charge on any atom is -0.316 e. The van der Waals surface area contributed by atoms with Crippen LogP contribution in [0.15, 0.2) is 0 Å². The lowest BCUT2D eigenvalue weighted by molar-refractivity contribution is 0.504. The summed E-state index contributed by atoms with van der Waals surface area (Å²) in [6.07, 6.45) is 1.55. The number of rotatable bonds is 6. The van der Waals surface area contributed by atoms with Crippen LogP contribution >= 0.6 is 0 Å². The van der Waals surface area contributed by atoms with E-state index in [0.717, 1.165) is 6.42 Å². The molecule has 0 aromatic carbocycles. The van der Waals surface area contributed by atoms with Gasteiger partial charge < -0.3 is 5.32 Å². The van der Waals surface area contributed by atoms with Gasteiger partial charge in [0.15, 0.2) is 9.84 Å². The molecule has 2 unspecified atom stereocenters. The predicted octanol–water partition coefficient (Wildman–Crippen LogP) is 1.20. The number of nitrogens with one attached hydrogen (secondary N) is 1. The first kappa shape index (κ1) is 12.9. The Morgan fingerprint density at radius 1 is 1.31 bits per heavy atom. The zero-order valence-electron chi connectivity index (χ0n) is 9.00. The second-order valence-electron chi connectivity index (χ2n) is 3.38. The van der Waals surface area contributed by atoms with Gasteiger partial charge in [0.1, 0.15) is 0 Å². The van der Waals surface area contributed by atoms with Crippen LogP contribution < -0.4 is 5.32 Å². The zero-order valence-corrected chi connectivity index (χ0v) is 9.82. The summed E-state index contributed by atoms with van der Waals surface area (Å²) in [6, 6.07) is 0.0801. The minimum absolute atomic E-state index is 0.0801. The quantitative estimate of drug-likeness (QED) is 0.712. The highest BCUT2D eigenvalue weighted by Gasteiger charge is 2.26. The normalized spacial score (nSPS) is 16.9. The van der Waals surface area contributed by atoms with Crippen LogP contribution in [-0.4, -0.2) is 32.5 Å². The summed E-state index contributed by atoms with van der Waals surface area (Å²) in [5.41, 5.74) is 0. The molecule has 0 spiro atoms. The molecule has 0 saturated heterocycles.